The second kappa shape index (κ2) is 8.30. The number of nitrogens with zero attached hydrogens (tertiary/aromatic N) is 2. The summed E-state index contributed by atoms with van der Waals surface area (Å²) >= 11 is 0. The number of ether oxygens (including phenoxy) is 1. The van der Waals surface area contributed by atoms with Crippen molar-refractivity contribution in [2.24, 2.45) is 10.3 Å². The van der Waals surface area contributed by atoms with Crippen molar-refractivity contribution in [3.8, 4) is 0 Å². The maximum absolute atomic E-state index is 12.4. The first-order chi connectivity index (χ1) is 13.3. The lowest BCUT2D eigenvalue weighted by Crippen LogP contribution is -2.42. The van der Waals surface area contributed by atoms with E-state index < -0.39 is 16.1 Å². The van der Waals surface area contributed by atoms with Crippen LogP contribution in [0.2, 0.25) is 0 Å². The fourth-order valence-corrected chi connectivity index (χ4v) is 4.59. The molecule has 0 bridgehead atoms. The maximum Gasteiger partial charge on any atom is 0.309 e. The van der Waals surface area contributed by atoms with Gasteiger partial charge in [0.15, 0.2) is 11.9 Å². The van der Waals surface area contributed by atoms with E-state index in [0.29, 0.717) is 43.9 Å². The molecule has 3 rings (SSSR count). The molecule has 1 N–H and O–H groups in total. The van der Waals surface area contributed by atoms with E-state index in [0.717, 1.165) is 6.42 Å². The topological polar surface area (TPSA) is 105 Å². The van der Waals surface area contributed by atoms with E-state index in [1.54, 1.807) is 31.2 Å². The summed E-state index contributed by atoms with van der Waals surface area (Å²) in [6.45, 7) is 5.05. The van der Waals surface area contributed by atoms with Crippen molar-refractivity contribution in [1.82, 2.24) is 10.2 Å². The number of likely N-dealkylation sites (tertiary alicyclic amines) is 1. The molecule has 0 aromatic heterocycles. The van der Waals surface area contributed by atoms with Crippen LogP contribution in [0.25, 0.3) is 0 Å². The van der Waals surface area contributed by atoms with E-state index in [4.69, 9.17) is 4.74 Å². The molecular formula is C19H25N3O5S. The molecule has 0 spiro atoms. The van der Waals surface area contributed by atoms with Crippen molar-refractivity contribution in [2.45, 2.75) is 44.1 Å². The number of fused-ring (bicyclic) bond motifs is 1. The van der Waals surface area contributed by atoms with E-state index in [9.17, 15) is 18.0 Å². The van der Waals surface area contributed by atoms with Crippen molar-refractivity contribution in [1.29, 1.82) is 0 Å². The molecule has 2 aliphatic rings. The number of carbonyl (C=O) groups excluding carboxylic acids is 2. The molecule has 1 aromatic rings. The van der Waals surface area contributed by atoms with Gasteiger partial charge in [0.1, 0.15) is 4.90 Å². The number of piperidine rings is 1. The molecule has 1 fully saturated rings. The van der Waals surface area contributed by atoms with Crippen molar-refractivity contribution < 1.29 is 22.7 Å². The van der Waals surface area contributed by atoms with E-state index >= 15 is 0 Å². The SMILES string of the molecule is CCCNC(=O)[C@@H](C)OC(=O)C1CCN(C2=NS(=O)(=O)c3ccccc32)CC1. The minimum Gasteiger partial charge on any atom is -0.452 e. The molecule has 0 unspecified atom stereocenters. The number of sulfonamides is 1. The van der Waals surface area contributed by atoms with Crippen LogP contribution in [0.1, 0.15) is 38.7 Å². The largest absolute Gasteiger partial charge is 0.452 e. The first-order valence-electron chi connectivity index (χ1n) is 9.51. The van der Waals surface area contributed by atoms with Gasteiger partial charge >= 0.3 is 5.97 Å². The molecular weight excluding hydrogens is 382 g/mol. The number of hydrogen-bond donors (Lipinski definition) is 1. The van der Waals surface area contributed by atoms with Crippen LogP contribution in [0.3, 0.4) is 0 Å². The average Bonchev–Trinajstić information content (AvgIpc) is 2.97. The Kier molecular flexibility index (Phi) is 6.02. The zero-order valence-corrected chi connectivity index (χ0v) is 16.9. The standard InChI is InChI=1S/C19H25N3O5S/c1-3-10-20-18(23)13(2)27-19(24)14-8-11-22(12-9-14)17-15-6-4-5-7-16(15)28(25,26)21-17/h4-7,13-14H,3,8-12H2,1-2H3,(H,20,23)/t13-/m1/s1. The van der Waals surface area contributed by atoms with Gasteiger partial charge in [0, 0.05) is 25.2 Å². The highest BCUT2D eigenvalue weighted by Crippen LogP contribution is 2.30. The summed E-state index contributed by atoms with van der Waals surface area (Å²) in [5.74, 6) is -0.559. The minimum atomic E-state index is -3.66. The van der Waals surface area contributed by atoms with Gasteiger partial charge in [-0.2, -0.15) is 8.42 Å². The van der Waals surface area contributed by atoms with Crippen LogP contribution in [0, 0.1) is 5.92 Å². The fourth-order valence-electron chi connectivity index (χ4n) is 3.36. The number of carbonyl (C=O) groups is 2. The highest BCUT2D eigenvalue weighted by atomic mass is 32.2. The predicted molar refractivity (Wildman–Crippen MR) is 103 cm³/mol. The third-order valence-corrected chi connectivity index (χ3v) is 6.28. The molecule has 1 aromatic carbocycles. The Morgan fingerprint density at radius 1 is 1.29 bits per heavy atom. The highest BCUT2D eigenvalue weighted by molar-refractivity contribution is 7.90. The molecule has 0 saturated carbocycles. The van der Waals surface area contributed by atoms with Gasteiger partial charge in [-0.1, -0.05) is 19.1 Å². The molecule has 152 valence electrons. The van der Waals surface area contributed by atoms with Gasteiger partial charge < -0.3 is 15.0 Å². The second-order valence-electron chi connectivity index (χ2n) is 7.02. The van der Waals surface area contributed by atoms with Crippen LogP contribution in [0.4, 0.5) is 0 Å². The van der Waals surface area contributed by atoms with E-state index in [1.807, 2.05) is 11.8 Å². The number of hydrogen-bond acceptors (Lipinski definition) is 6. The normalized spacial score (nSPS) is 19.5. The third kappa shape index (κ3) is 4.19. The zero-order valence-electron chi connectivity index (χ0n) is 16.1. The van der Waals surface area contributed by atoms with Crippen LogP contribution in [0.15, 0.2) is 33.6 Å². The zero-order chi connectivity index (χ0) is 20.3. The number of esters is 1. The van der Waals surface area contributed by atoms with Crippen molar-refractivity contribution >= 4 is 27.7 Å². The fraction of sp³-hybridized carbons (Fsp3) is 0.526. The smallest absolute Gasteiger partial charge is 0.309 e. The van der Waals surface area contributed by atoms with Crippen LogP contribution in [0.5, 0.6) is 0 Å². The van der Waals surface area contributed by atoms with Gasteiger partial charge in [-0.15, -0.1) is 4.40 Å². The lowest BCUT2D eigenvalue weighted by molar-refractivity contribution is -0.159. The monoisotopic (exact) mass is 407 g/mol. The molecule has 1 amide bonds. The summed E-state index contributed by atoms with van der Waals surface area (Å²) in [6.07, 6.45) is 1.02. The molecule has 0 aliphatic carbocycles. The van der Waals surface area contributed by atoms with Gasteiger partial charge in [-0.25, -0.2) is 0 Å². The van der Waals surface area contributed by atoms with Gasteiger partial charge in [0.2, 0.25) is 0 Å². The number of rotatable bonds is 5. The minimum absolute atomic E-state index is 0.221. The van der Waals surface area contributed by atoms with E-state index in [1.165, 1.54) is 0 Å². The molecule has 2 heterocycles. The van der Waals surface area contributed by atoms with Gasteiger partial charge in [-0.05, 0) is 38.3 Å². The van der Waals surface area contributed by atoms with Gasteiger partial charge in [0.25, 0.3) is 15.9 Å². The molecule has 28 heavy (non-hydrogen) atoms. The molecule has 9 heteroatoms. The third-order valence-electron chi connectivity index (χ3n) is 4.95. The molecule has 2 aliphatic heterocycles. The van der Waals surface area contributed by atoms with Crippen molar-refractivity contribution in [3.63, 3.8) is 0 Å². The summed E-state index contributed by atoms with van der Waals surface area (Å²) in [5.41, 5.74) is 0.602. The van der Waals surface area contributed by atoms with Gasteiger partial charge in [-0.3, -0.25) is 9.59 Å². The number of amidine groups is 1. The van der Waals surface area contributed by atoms with Crippen molar-refractivity contribution in [3.05, 3.63) is 29.8 Å². The first-order valence-corrected chi connectivity index (χ1v) is 10.9. The summed E-state index contributed by atoms with van der Waals surface area (Å²) in [6, 6.07) is 6.76. The van der Waals surface area contributed by atoms with Gasteiger partial charge in [0.05, 0.1) is 5.92 Å². The number of amides is 1. The Balaban J connectivity index is 1.58. The number of benzene rings is 1. The Hall–Kier alpha value is -2.42. The van der Waals surface area contributed by atoms with Crippen LogP contribution >= 0.6 is 0 Å². The van der Waals surface area contributed by atoms with E-state index in [2.05, 4.69) is 9.71 Å². The summed E-state index contributed by atoms with van der Waals surface area (Å²) < 4.78 is 33.7. The lowest BCUT2D eigenvalue weighted by atomic mass is 9.96. The van der Waals surface area contributed by atoms with E-state index in [-0.39, 0.29) is 22.7 Å². The van der Waals surface area contributed by atoms with Crippen LogP contribution in [-0.4, -0.2) is 56.8 Å². The lowest BCUT2D eigenvalue weighted by Gasteiger charge is -2.32. The Morgan fingerprint density at radius 2 is 1.96 bits per heavy atom. The quantitative estimate of drug-likeness (QED) is 0.738. The summed E-state index contributed by atoms with van der Waals surface area (Å²) in [5, 5.41) is 2.70. The Labute approximate surface area is 165 Å². The second-order valence-corrected chi connectivity index (χ2v) is 8.59. The average molecular weight is 407 g/mol. The maximum atomic E-state index is 12.4. The summed E-state index contributed by atoms with van der Waals surface area (Å²) in [4.78, 5) is 26.3. The first kappa shape index (κ1) is 20.3. The predicted octanol–water partition coefficient (Wildman–Crippen LogP) is 1.31. The molecule has 1 atom stereocenters. The van der Waals surface area contributed by atoms with Crippen LogP contribution in [-0.2, 0) is 24.3 Å². The molecule has 8 nitrogen and oxygen atoms in total. The Bertz CT molecular complexity index is 889. The summed E-state index contributed by atoms with van der Waals surface area (Å²) in [7, 11) is -3.66. The van der Waals surface area contributed by atoms with Crippen molar-refractivity contribution in [2.75, 3.05) is 19.6 Å². The molecule has 1 saturated heterocycles. The number of nitrogens with one attached hydrogen (secondary N) is 1. The Morgan fingerprint density at radius 3 is 2.64 bits per heavy atom. The van der Waals surface area contributed by atoms with Crippen LogP contribution < -0.4 is 5.32 Å². The highest BCUT2D eigenvalue weighted by Gasteiger charge is 2.35. The molecule has 0 radical (unpaired) electrons.